The fourth-order valence-electron chi connectivity index (χ4n) is 2.32. The number of hydrogen-bond donors (Lipinski definition) is 0. The van der Waals surface area contributed by atoms with Crippen molar-refractivity contribution >= 4 is 12.0 Å². The van der Waals surface area contributed by atoms with Gasteiger partial charge in [-0.15, -0.1) is 0 Å². The van der Waals surface area contributed by atoms with E-state index >= 15 is 0 Å². The van der Waals surface area contributed by atoms with Crippen LogP contribution in [0.3, 0.4) is 0 Å². The average Bonchev–Trinajstić information content (AvgIpc) is 2.69. The minimum absolute atomic E-state index is 0.0682. The molecule has 0 amide bonds. The smallest absolute Gasteiger partial charge is 0.331 e. The molecule has 0 saturated carbocycles. The van der Waals surface area contributed by atoms with Gasteiger partial charge in [0.15, 0.2) is 0 Å². The maximum Gasteiger partial charge on any atom is 0.331 e. The Labute approximate surface area is 152 Å². The highest BCUT2D eigenvalue weighted by Gasteiger charge is 2.08. The second-order valence-electron chi connectivity index (χ2n) is 5.23. The third-order valence-corrected chi connectivity index (χ3v) is 3.69. The number of carbonyl (C=O) groups is 1. The molecule has 0 unspecified atom stereocenters. The highest BCUT2D eigenvalue weighted by atomic mass is 16.5. The van der Waals surface area contributed by atoms with Crippen molar-refractivity contribution in [2.24, 2.45) is 0 Å². The lowest BCUT2D eigenvalue weighted by Gasteiger charge is -2.10. The standard InChI is InChI=1S/C20H22O6/c1-22-16-6-8-18(24-3)14(11-16)5-10-20(21)26-13-15-12-17(23-2)7-9-19(15)25-4/h5-12H,13H2,1-4H3/b10-5+. The summed E-state index contributed by atoms with van der Waals surface area (Å²) in [5.74, 6) is 2.09. The second kappa shape index (κ2) is 9.36. The van der Waals surface area contributed by atoms with Crippen LogP contribution in [0.25, 0.3) is 6.08 Å². The van der Waals surface area contributed by atoms with Crippen LogP contribution in [0.15, 0.2) is 42.5 Å². The molecule has 26 heavy (non-hydrogen) atoms. The molecule has 6 heteroatoms. The maximum atomic E-state index is 12.0. The molecule has 0 aromatic heterocycles. The molecule has 0 aliphatic rings. The van der Waals surface area contributed by atoms with Crippen LogP contribution >= 0.6 is 0 Å². The Kier molecular flexibility index (Phi) is 6.91. The zero-order valence-electron chi connectivity index (χ0n) is 15.3. The topological polar surface area (TPSA) is 63.2 Å². The van der Waals surface area contributed by atoms with E-state index < -0.39 is 5.97 Å². The lowest BCUT2D eigenvalue weighted by molar-refractivity contribution is -0.138. The monoisotopic (exact) mass is 358 g/mol. The molecule has 2 aromatic carbocycles. The van der Waals surface area contributed by atoms with E-state index in [-0.39, 0.29) is 6.61 Å². The van der Waals surface area contributed by atoms with E-state index in [1.165, 1.54) is 6.08 Å². The number of benzene rings is 2. The molecule has 6 nitrogen and oxygen atoms in total. The van der Waals surface area contributed by atoms with E-state index in [0.29, 0.717) is 34.1 Å². The zero-order chi connectivity index (χ0) is 18.9. The first kappa shape index (κ1) is 19.2. The Bertz CT molecular complexity index is 782. The minimum atomic E-state index is -0.486. The van der Waals surface area contributed by atoms with Gasteiger partial charge in [-0.1, -0.05) is 0 Å². The van der Waals surface area contributed by atoms with Gasteiger partial charge in [-0.25, -0.2) is 4.79 Å². The number of methoxy groups -OCH3 is 4. The van der Waals surface area contributed by atoms with Gasteiger partial charge >= 0.3 is 5.97 Å². The molecule has 138 valence electrons. The van der Waals surface area contributed by atoms with Crippen LogP contribution in [0.5, 0.6) is 23.0 Å². The molecule has 0 heterocycles. The van der Waals surface area contributed by atoms with Crippen LogP contribution in [0.1, 0.15) is 11.1 Å². The first-order valence-electron chi connectivity index (χ1n) is 7.89. The molecular formula is C20H22O6. The highest BCUT2D eigenvalue weighted by molar-refractivity contribution is 5.87. The Morgan fingerprint density at radius 2 is 1.46 bits per heavy atom. The van der Waals surface area contributed by atoms with Crippen LogP contribution in [0.4, 0.5) is 0 Å². The van der Waals surface area contributed by atoms with Crippen LogP contribution in [-0.4, -0.2) is 34.4 Å². The molecule has 0 aliphatic heterocycles. The van der Waals surface area contributed by atoms with E-state index in [9.17, 15) is 4.79 Å². The van der Waals surface area contributed by atoms with Crippen molar-refractivity contribution in [3.8, 4) is 23.0 Å². The van der Waals surface area contributed by atoms with Crippen LogP contribution in [0.2, 0.25) is 0 Å². The normalized spacial score (nSPS) is 10.5. The molecule has 0 fully saturated rings. The second-order valence-corrected chi connectivity index (χ2v) is 5.23. The third kappa shape index (κ3) is 4.92. The molecule has 0 atom stereocenters. The Balaban J connectivity index is 2.06. The SMILES string of the molecule is COc1ccc(OC)c(/C=C/C(=O)OCc2cc(OC)ccc2OC)c1. The van der Waals surface area contributed by atoms with E-state index in [0.717, 1.165) is 0 Å². The molecule has 0 aliphatic carbocycles. The number of ether oxygens (including phenoxy) is 5. The number of carbonyl (C=O) groups excluding carboxylic acids is 1. The van der Waals surface area contributed by atoms with E-state index in [1.54, 1.807) is 70.9 Å². The van der Waals surface area contributed by atoms with Gasteiger partial charge in [-0.2, -0.15) is 0 Å². The number of esters is 1. The van der Waals surface area contributed by atoms with Crippen LogP contribution < -0.4 is 18.9 Å². The summed E-state index contributed by atoms with van der Waals surface area (Å²) >= 11 is 0. The Morgan fingerprint density at radius 1 is 0.846 bits per heavy atom. The summed E-state index contributed by atoms with van der Waals surface area (Å²) in [5, 5.41) is 0. The lowest BCUT2D eigenvalue weighted by atomic mass is 10.1. The Morgan fingerprint density at radius 3 is 2.08 bits per heavy atom. The van der Waals surface area contributed by atoms with E-state index in [2.05, 4.69) is 0 Å². The average molecular weight is 358 g/mol. The minimum Gasteiger partial charge on any atom is -0.497 e. The Hall–Kier alpha value is -3.15. The summed E-state index contributed by atoms with van der Waals surface area (Å²) in [6.45, 7) is 0.0682. The molecule has 2 rings (SSSR count). The van der Waals surface area contributed by atoms with Crippen molar-refractivity contribution in [1.82, 2.24) is 0 Å². The predicted octanol–water partition coefficient (Wildman–Crippen LogP) is 3.48. The van der Waals surface area contributed by atoms with E-state index in [1.807, 2.05) is 0 Å². The van der Waals surface area contributed by atoms with Crippen molar-refractivity contribution < 1.29 is 28.5 Å². The summed E-state index contributed by atoms with van der Waals surface area (Å²) < 4.78 is 26.2. The van der Waals surface area contributed by atoms with Crippen LogP contribution in [-0.2, 0) is 16.1 Å². The number of hydrogen-bond acceptors (Lipinski definition) is 6. The summed E-state index contributed by atoms with van der Waals surface area (Å²) in [5.41, 5.74) is 1.43. The van der Waals surface area contributed by atoms with Crippen molar-refractivity contribution in [1.29, 1.82) is 0 Å². The molecule has 0 spiro atoms. The predicted molar refractivity (Wildman–Crippen MR) is 97.9 cm³/mol. The van der Waals surface area contributed by atoms with Crippen molar-refractivity contribution in [3.63, 3.8) is 0 Å². The lowest BCUT2D eigenvalue weighted by Crippen LogP contribution is -2.03. The highest BCUT2D eigenvalue weighted by Crippen LogP contribution is 2.26. The summed E-state index contributed by atoms with van der Waals surface area (Å²) in [4.78, 5) is 12.0. The first-order chi connectivity index (χ1) is 12.6. The fraction of sp³-hybridized carbons (Fsp3) is 0.250. The molecular weight excluding hydrogens is 336 g/mol. The molecule has 0 saturated heterocycles. The van der Waals surface area contributed by atoms with Crippen molar-refractivity contribution in [3.05, 3.63) is 53.6 Å². The van der Waals surface area contributed by atoms with Gasteiger partial charge in [0, 0.05) is 17.2 Å². The van der Waals surface area contributed by atoms with Gasteiger partial charge in [-0.3, -0.25) is 0 Å². The molecule has 0 bridgehead atoms. The van der Waals surface area contributed by atoms with Gasteiger partial charge in [0.05, 0.1) is 28.4 Å². The van der Waals surface area contributed by atoms with Gasteiger partial charge in [0.2, 0.25) is 0 Å². The van der Waals surface area contributed by atoms with Crippen LogP contribution in [0, 0.1) is 0 Å². The van der Waals surface area contributed by atoms with Gasteiger partial charge in [0.25, 0.3) is 0 Å². The summed E-state index contributed by atoms with van der Waals surface area (Å²) in [6, 6.07) is 10.6. The van der Waals surface area contributed by atoms with E-state index in [4.69, 9.17) is 23.7 Å². The quantitative estimate of drug-likeness (QED) is 0.532. The number of rotatable bonds is 8. The van der Waals surface area contributed by atoms with Gasteiger partial charge < -0.3 is 23.7 Å². The summed E-state index contributed by atoms with van der Waals surface area (Å²) in [7, 11) is 6.27. The zero-order valence-corrected chi connectivity index (χ0v) is 15.3. The molecule has 2 aromatic rings. The van der Waals surface area contributed by atoms with Crippen molar-refractivity contribution in [2.75, 3.05) is 28.4 Å². The molecule has 0 N–H and O–H groups in total. The third-order valence-electron chi connectivity index (χ3n) is 3.69. The first-order valence-corrected chi connectivity index (χ1v) is 7.89. The fourth-order valence-corrected chi connectivity index (χ4v) is 2.32. The van der Waals surface area contributed by atoms with Crippen molar-refractivity contribution in [2.45, 2.75) is 6.61 Å². The maximum absolute atomic E-state index is 12.0. The van der Waals surface area contributed by atoms with Gasteiger partial charge in [-0.05, 0) is 42.5 Å². The van der Waals surface area contributed by atoms with Gasteiger partial charge in [0.1, 0.15) is 29.6 Å². The molecule has 0 radical (unpaired) electrons. The largest absolute Gasteiger partial charge is 0.497 e. The summed E-state index contributed by atoms with van der Waals surface area (Å²) in [6.07, 6.45) is 2.95.